The van der Waals surface area contributed by atoms with E-state index in [0.29, 0.717) is 12.6 Å². The largest absolute Gasteiger partial charge is 0.490 e. The van der Waals surface area contributed by atoms with Gasteiger partial charge in [-0.3, -0.25) is 0 Å². The second-order valence-corrected chi connectivity index (χ2v) is 6.38. The second-order valence-electron chi connectivity index (χ2n) is 5.46. The van der Waals surface area contributed by atoms with E-state index in [1.807, 2.05) is 18.2 Å². The van der Waals surface area contributed by atoms with Crippen molar-refractivity contribution in [2.24, 2.45) is 17.6 Å². The predicted octanol–water partition coefficient (Wildman–Crippen LogP) is 4.11. The van der Waals surface area contributed by atoms with E-state index < -0.39 is 0 Å². The van der Waals surface area contributed by atoms with Crippen molar-refractivity contribution in [2.45, 2.75) is 45.8 Å². The van der Waals surface area contributed by atoms with Gasteiger partial charge in [0.25, 0.3) is 0 Å². The molecule has 2 nitrogen and oxygen atoms in total. The summed E-state index contributed by atoms with van der Waals surface area (Å²) in [7, 11) is 0. The third kappa shape index (κ3) is 3.27. The van der Waals surface area contributed by atoms with E-state index in [1.165, 1.54) is 6.42 Å². The average Bonchev–Trinajstić information content (AvgIpc) is 2.36. The van der Waals surface area contributed by atoms with Crippen LogP contribution in [0.1, 0.15) is 38.7 Å². The van der Waals surface area contributed by atoms with Crippen LogP contribution in [0.3, 0.4) is 0 Å². The number of rotatable bonds is 3. The molecule has 18 heavy (non-hydrogen) atoms. The predicted molar refractivity (Wildman–Crippen MR) is 78.6 cm³/mol. The highest BCUT2D eigenvalue weighted by atomic mass is 79.9. The van der Waals surface area contributed by atoms with Crippen LogP contribution in [0.5, 0.6) is 5.75 Å². The minimum absolute atomic E-state index is 0.350. The third-order valence-corrected chi connectivity index (χ3v) is 4.58. The number of ether oxygens (including phenoxy) is 1. The maximum absolute atomic E-state index is 6.15. The average molecular weight is 312 g/mol. The molecule has 0 saturated heterocycles. The molecule has 2 rings (SSSR count). The smallest absolute Gasteiger partial charge is 0.124 e. The molecule has 1 aromatic rings. The van der Waals surface area contributed by atoms with E-state index in [-0.39, 0.29) is 0 Å². The minimum Gasteiger partial charge on any atom is -0.490 e. The Morgan fingerprint density at radius 1 is 1.28 bits per heavy atom. The van der Waals surface area contributed by atoms with Crippen LogP contribution in [0, 0.1) is 11.8 Å². The minimum atomic E-state index is 0.350. The van der Waals surface area contributed by atoms with Crippen LogP contribution in [0.4, 0.5) is 0 Å². The van der Waals surface area contributed by atoms with Gasteiger partial charge >= 0.3 is 0 Å². The van der Waals surface area contributed by atoms with Crippen molar-refractivity contribution < 1.29 is 4.74 Å². The third-order valence-electron chi connectivity index (χ3n) is 4.09. The first-order valence-electron chi connectivity index (χ1n) is 6.75. The Morgan fingerprint density at radius 3 is 2.72 bits per heavy atom. The lowest BCUT2D eigenvalue weighted by Crippen LogP contribution is -2.29. The molecule has 100 valence electrons. The lowest BCUT2D eigenvalue weighted by Gasteiger charge is -2.32. The molecule has 0 spiro atoms. The lowest BCUT2D eigenvalue weighted by atomic mass is 9.80. The van der Waals surface area contributed by atoms with Gasteiger partial charge in [0.1, 0.15) is 5.75 Å². The monoisotopic (exact) mass is 311 g/mol. The molecule has 3 atom stereocenters. The zero-order valence-corrected chi connectivity index (χ0v) is 12.7. The van der Waals surface area contributed by atoms with Gasteiger partial charge in [0.05, 0.1) is 6.10 Å². The molecular formula is C15H22BrNO. The highest BCUT2D eigenvalue weighted by Gasteiger charge is 2.26. The van der Waals surface area contributed by atoms with Gasteiger partial charge in [-0.15, -0.1) is 0 Å². The molecule has 0 aromatic heterocycles. The quantitative estimate of drug-likeness (QED) is 0.911. The Morgan fingerprint density at radius 2 is 2.06 bits per heavy atom. The summed E-state index contributed by atoms with van der Waals surface area (Å²) in [4.78, 5) is 0. The SMILES string of the molecule is CC1CCC(Oc2ccc(Br)cc2CN)CC1C. The molecule has 1 aliphatic rings. The Balaban J connectivity index is 2.05. The highest BCUT2D eigenvalue weighted by Crippen LogP contribution is 2.33. The van der Waals surface area contributed by atoms with Crippen LogP contribution >= 0.6 is 15.9 Å². The van der Waals surface area contributed by atoms with E-state index >= 15 is 0 Å². The van der Waals surface area contributed by atoms with Crippen molar-refractivity contribution in [3.05, 3.63) is 28.2 Å². The van der Waals surface area contributed by atoms with Crippen LogP contribution in [-0.2, 0) is 6.54 Å². The van der Waals surface area contributed by atoms with Crippen molar-refractivity contribution in [2.75, 3.05) is 0 Å². The summed E-state index contributed by atoms with van der Waals surface area (Å²) >= 11 is 3.47. The topological polar surface area (TPSA) is 35.2 Å². The summed E-state index contributed by atoms with van der Waals surface area (Å²) in [5.41, 5.74) is 6.85. The summed E-state index contributed by atoms with van der Waals surface area (Å²) in [6.45, 7) is 5.19. The van der Waals surface area contributed by atoms with Gasteiger partial charge in [0.15, 0.2) is 0 Å². The van der Waals surface area contributed by atoms with Gasteiger partial charge < -0.3 is 10.5 Å². The second kappa shape index (κ2) is 6.07. The fourth-order valence-electron chi connectivity index (χ4n) is 2.61. The number of hydrogen-bond acceptors (Lipinski definition) is 2. The number of nitrogens with two attached hydrogens (primary N) is 1. The van der Waals surface area contributed by atoms with E-state index in [1.54, 1.807) is 0 Å². The van der Waals surface area contributed by atoms with Crippen molar-refractivity contribution in [1.82, 2.24) is 0 Å². The zero-order valence-electron chi connectivity index (χ0n) is 11.2. The van der Waals surface area contributed by atoms with Gasteiger partial charge in [-0.2, -0.15) is 0 Å². The van der Waals surface area contributed by atoms with Crippen molar-refractivity contribution in [3.8, 4) is 5.75 Å². The fraction of sp³-hybridized carbons (Fsp3) is 0.600. The summed E-state index contributed by atoms with van der Waals surface area (Å²) in [6, 6.07) is 6.09. The Hall–Kier alpha value is -0.540. The van der Waals surface area contributed by atoms with Gasteiger partial charge in [-0.05, 0) is 49.3 Å². The molecule has 0 bridgehead atoms. The fourth-order valence-corrected chi connectivity index (χ4v) is 3.02. The van der Waals surface area contributed by atoms with Crippen LogP contribution in [-0.4, -0.2) is 6.10 Å². The van der Waals surface area contributed by atoms with Gasteiger partial charge in [-0.1, -0.05) is 29.8 Å². The molecule has 3 heteroatoms. The summed E-state index contributed by atoms with van der Waals surface area (Å²) in [5.74, 6) is 2.52. The number of benzene rings is 1. The standard InChI is InChI=1S/C15H22BrNO/c1-10-3-5-14(7-11(10)2)18-15-6-4-13(16)8-12(15)9-17/h4,6,8,10-11,14H,3,5,7,9,17H2,1-2H3. The molecule has 1 saturated carbocycles. The van der Waals surface area contributed by atoms with E-state index in [4.69, 9.17) is 10.5 Å². The molecule has 2 N–H and O–H groups in total. The molecule has 0 aliphatic heterocycles. The summed E-state index contributed by atoms with van der Waals surface area (Å²) < 4.78 is 7.21. The highest BCUT2D eigenvalue weighted by molar-refractivity contribution is 9.10. The van der Waals surface area contributed by atoms with E-state index in [2.05, 4.69) is 29.8 Å². The summed E-state index contributed by atoms with van der Waals surface area (Å²) in [6.07, 6.45) is 3.93. The van der Waals surface area contributed by atoms with Gasteiger partial charge in [0.2, 0.25) is 0 Å². The van der Waals surface area contributed by atoms with Gasteiger partial charge in [-0.25, -0.2) is 0 Å². The molecule has 1 fully saturated rings. The van der Waals surface area contributed by atoms with E-state index in [9.17, 15) is 0 Å². The Labute approximate surface area is 118 Å². The van der Waals surface area contributed by atoms with Crippen molar-refractivity contribution >= 4 is 15.9 Å². The van der Waals surface area contributed by atoms with Crippen molar-refractivity contribution in [1.29, 1.82) is 0 Å². The number of hydrogen-bond donors (Lipinski definition) is 1. The zero-order chi connectivity index (χ0) is 13.1. The molecule has 1 aliphatic carbocycles. The van der Waals surface area contributed by atoms with Crippen molar-refractivity contribution in [3.63, 3.8) is 0 Å². The van der Waals surface area contributed by atoms with Crippen LogP contribution in [0.25, 0.3) is 0 Å². The molecule has 1 aromatic carbocycles. The first-order valence-corrected chi connectivity index (χ1v) is 7.54. The van der Waals surface area contributed by atoms with Gasteiger partial charge in [0, 0.05) is 16.6 Å². The normalized spacial score (nSPS) is 28.1. The summed E-state index contributed by atoms with van der Waals surface area (Å²) in [5, 5.41) is 0. The maximum atomic E-state index is 6.15. The first-order chi connectivity index (χ1) is 8.60. The molecule has 0 radical (unpaired) electrons. The Kier molecular flexibility index (Phi) is 4.68. The molecule has 0 heterocycles. The van der Waals surface area contributed by atoms with Crippen LogP contribution in [0.2, 0.25) is 0 Å². The molecular weight excluding hydrogens is 290 g/mol. The number of halogens is 1. The maximum Gasteiger partial charge on any atom is 0.124 e. The van der Waals surface area contributed by atoms with Crippen LogP contribution < -0.4 is 10.5 Å². The molecule has 0 amide bonds. The lowest BCUT2D eigenvalue weighted by molar-refractivity contribution is 0.0997. The van der Waals surface area contributed by atoms with Crippen LogP contribution in [0.15, 0.2) is 22.7 Å². The van der Waals surface area contributed by atoms with E-state index in [0.717, 1.165) is 40.5 Å². The first kappa shape index (κ1) is 13.9. The molecule has 3 unspecified atom stereocenters. The Bertz CT molecular complexity index is 407.